The van der Waals surface area contributed by atoms with Crippen LogP contribution in [0.3, 0.4) is 0 Å². The largest absolute Gasteiger partial charge is 0.480 e. The summed E-state index contributed by atoms with van der Waals surface area (Å²) in [6.45, 7) is -0.291. The Kier molecular flexibility index (Phi) is 6.50. The molecule has 8 nitrogen and oxygen atoms in total. The minimum Gasteiger partial charge on any atom is -0.480 e. The van der Waals surface area contributed by atoms with E-state index >= 15 is 0 Å². The Morgan fingerprint density at radius 3 is 2.55 bits per heavy atom. The number of nitrogens with one attached hydrogen (secondary N) is 3. The molecule has 2 aromatic carbocycles. The number of aromatic amines is 1. The molecule has 0 radical (unpaired) electrons. The maximum atomic E-state index is 12.4. The van der Waals surface area contributed by atoms with Crippen LogP contribution < -0.4 is 10.6 Å². The van der Waals surface area contributed by atoms with Gasteiger partial charge in [-0.25, -0.2) is 9.59 Å². The number of halogens is 1. The molecular weight excluding hydrogens is 442 g/mol. The van der Waals surface area contributed by atoms with Crippen LogP contribution in [-0.2, 0) is 16.1 Å². The third-order valence-electron chi connectivity index (χ3n) is 4.13. The Balaban J connectivity index is 1.55. The molecule has 0 bridgehead atoms. The van der Waals surface area contributed by atoms with Crippen molar-refractivity contribution in [2.75, 3.05) is 6.54 Å². The molecule has 0 fully saturated rings. The molecule has 0 saturated heterocycles. The lowest BCUT2D eigenvalue weighted by Crippen LogP contribution is -2.48. The van der Waals surface area contributed by atoms with Crippen molar-refractivity contribution in [2.24, 2.45) is 0 Å². The fraction of sp³-hybridized carbons (Fsp3) is 0.150. The topological polar surface area (TPSA) is 121 Å². The van der Waals surface area contributed by atoms with Crippen molar-refractivity contribution in [1.82, 2.24) is 15.6 Å². The molecule has 1 aromatic heterocycles. The number of alkyl carbamates (subject to hydrolysis) is 1. The third-order valence-corrected chi connectivity index (χ3v) is 4.82. The average molecular weight is 460 g/mol. The fourth-order valence-electron chi connectivity index (χ4n) is 2.64. The van der Waals surface area contributed by atoms with Crippen LogP contribution in [0.25, 0.3) is 10.9 Å². The summed E-state index contributed by atoms with van der Waals surface area (Å²) in [6.07, 6.45) is -0.884. The molecular formula is C20H18BrN3O5. The molecule has 0 spiro atoms. The van der Waals surface area contributed by atoms with Crippen LogP contribution in [0.2, 0.25) is 0 Å². The number of carboxylic acid groups (broad SMARTS) is 1. The number of fused-ring (bicyclic) bond motifs is 1. The maximum absolute atomic E-state index is 12.4. The van der Waals surface area contributed by atoms with Crippen molar-refractivity contribution in [2.45, 2.75) is 12.6 Å². The van der Waals surface area contributed by atoms with E-state index in [1.807, 2.05) is 24.3 Å². The number of carbonyl (C=O) groups excluding carboxylic acids is 2. The van der Waals surface area contributed by atoms with E-state index in [4.69, 9.17) is 4.74 Å². The molecule has 0 unspecified atom stereocenters. The van der Waals surface area contributed by atoms with Crippen LogP contribution in [-0.4, -0.2) is 40.6 Å². The number of aromatic nitrogens is 1. The SMILES string of the molecule is O=C(N[C@H](CNC(=O)c1cc2c(Br)cccc2[nH]1)C(=O)O)OCc1ccccc1. The Labute approximate surface area is 174 Å². The molecule has 0 aliphatic carbocycles. The first kappa shape index (κ1) is 20.4. The summed E-state index contributed by atoms with van der Waals surface area (Å²) in [5, 5.41) is 14.9. The molecule has 29 heavy (non-hydrogen) atoms. The molecule has 1 heterocycles. The number of rotatable bonds is 7. The Bertz CT molecular complexity index is 1040. The van der Waals surface area contributed by atoms with Gasteiger partial charge in [0.2, 0.25) is 0 Å². The number of H-pyrrole nitrogens is 1. The van der Waals surface area contributed by atoms with Gasteiger partial charge in [-0.3, -0.25) is 4.79 Å². The average Bonchev–Trinajstić information content (AvgIpc) is 3.16. The Morgan fingerprint density at radius 2 is 1.86 bits per heavy atom. The number of carboxylic acids is 1. The zero-order valence-corrected chi connectivity index (χ0v) is 16.7. The van der Waals surface area contributed by atoms with Gasteiger partial charge < -0.3 is 25.5 Å². The molecule has 0 saturated carbocycles. The highest BCUT2D eigenvalue weighted by molar-refractivity contribution is 9.10. The van der Waals surface area contributed by atoms with Crippen LogP contribution in [0.15, 0.2) is 59.1 Å². The molecule has 1 atom stereocenters. The van der Waals surface area contributed by atoms with Crippen LogP contribution in [0.1, 0.15) is 16.1 Å². The van der Waals surface area contributed by atoms with Gasteiger partial charge in [-0.2, -0.15) is 0 Å². The zero-order chi connectivity index (χ0) is 20.8. The van der Waals surface area contributed by atoms with Gasteiger partial charge in [-0.15, -0.1) is 0 Å². The van der Waals surface area contributed by atoms with Crippen LogP contribution >= 0.6 is 15.9 Å². The van der Waals surface area contributed by atoms with Gasteiger partial charge in [0, 0.05) is 21.9 Å². The minimum atomic E-state index is -1.33. The fourth-order valence-corrected chi connectivity index (χ4v) is 3.12. The van der Waals surface area contributed by atoms with Gasteiger partial charge in [0.25, 0.3) is 5.91 Å². The second-order valence-corrected chi connectivity index (χ2v) is 7.05. The number of hydrogen-bond acceptors (Lipinski definition) is 4. The highest BCUT2D eigenvalue weighted by atomic mass is 79.9. The first-order valence-corrected chi connectivity index (χ1v) is 9.49. The van der Waals surface area contributed by atoms with E-state index in [0.29, 0.717) is 0 Å². The van der Waals surface area contributed by atoms with Crippen LogP contribution in [0.5, 0.6) is 0 Å². The lowest BCUT2D eigenvalue weighted by molar-refractivity contribution is -0.139. The molecule has 4 N–H and O–H groups in total. The van der Waals surface area contributed by atoms with Crippen molar-refractivity contribution in [3.05, 3.63) is 70.3 Å². The van der Waals surface area contributed by atoms with Gasteiger partial charge in [0.1, 0.15) is 18.3 Å². The van der Waals surface area contributed by atoms with E-state index in [2.05, 4.69) is 31.5 Å². The first-order chi connectivity index (χ1) is 13.9. The zero-order valence-electron chi connectivity index (χ0n) is 15.1. The number of carbonyl (C=O) groups is 3. The summed E-state index contributed by atoms with van der Waals surface area (Å²) in [5.74, 6) is -1.78. The number of amides is 2. The summed E-state index contributed by atoms with van der Waals surface area (Å²) in [7, 11) is 0. The molecule has 0 aliphatic rings. The number of hydrogen-bond donors (Lipinski definition) is 4. The molecule has 3 rings (SSSR count). The van der Waals surface area contributed by atoms with Gasteiger partial charge in [0.15, 0.2) is 0 Å². The third kappa shape index (κ3) is 5.35. The Hall–Kier alpha value is -3.33. The quantitative estimate of drug-likeness (QED) is 0.432. The van der Waals surface area contributed by atoms with Gasteiger partial charge in [-0.1, -0.05) is 52.3 Å². The summed E-state index contributed by atoms with van der Waals surface area (Å²) in [6, 6.07) is 14.8. The van der Waals surface area contributed by atoms with E-state index in [-0.39, 0.29) is 18.8 Å². The first-order valence-electron chi connectivity index (χ1n) is 8.69. The normalized spacial score (nSPS) is 11.6. The van der Waals surface area contributed by atoms with Crippen molar-refractivity contribution in [1.29, 1.82) is 0 Å². The smallest absolute Gasteiger partial charge is 0.408 e. The number of ether oxygens (including phenoxy) is 1. The summed E-state index contributed by atoms with van der Waals surface area (Å²) in [4.78, 5) is 38.6. The predicted molar refractivity (Wildman–Crippen MR) is 110 cm³/mol. The maximum Gasteiger partial charge on any atom is 0.408 e. The highest BCUT2D eigenvalue weighted by Crippen LogP contribution is 2.24. The van der Waals surface area contributed by atoms with Gasteiger partial charge >= 0.3 is 12.1 Å². The Morgan fingerprint density at radius 1 is 1.10 bits per heavy atom. The van der Waals surface area contributed by atoms with E-state index < -0.39 is 24.0 Å². The van der Waals surface area contributed by atoms with E-state index in [0.717, 1.165) is 20.9 Å². The second kappa shape index (κ2) is 9.24. The molecule has 3 aromatic rings. The molecule has 150 valence electrons. The van der Waals surface area contributed by atoms with Gasteiger partial charge in [0.05, 0.1) is 0 Å². The summed E-state index contributed by atoms with van der Waals surface area (Å²) < 4.78 is 5.85. The standard InChI is InChI=1S/C20H18BrN3O5/c21-14-7-4-8-15-13(14)9-16(23-15)18(25)22-10-17(19(26)27)24-20(28)29-11-12-5-2-1-3-6-12/h1-9,17,23H,10-11H2,(H,22,25)(H,24,28)(H,26,27)/t17-/m1/s1. The number of aliphatic carboxylic acids is 1. The lowest BCUT2D eigenvalue weighted by atomic mass is 10.2. The van der Waals surface area contributed by atoms with Crippen LogP contribution in [0, 0.1) is 0 Å². The van der Waals surface area contributed by atoms with Crippen molar-refractivity contribution in [3.63, 3.8) is 0 Å². The monoisotopic (exact) mass is 459 g/mol. The van der Waals surface area contributed by atoms with E-state index in [1.165, 1.54) is 0 Å². The number of benzene rings is 2. The molecule has 9 heteroatoms. The van der Waals surface area contributed by atoms with Crippen molar-refractivity contribution in [3.8, 4) is 0 Å². The predicted octanol–water partition coefficient (Wildman–Crippen LogP) is 3.04. The minimum absolute atomic E-state index is 0.00924. The van der Waals surface area contributed by atoms with E-state index in [1.54, 1.807) is 30.3 Å². The highest BCUT2D eigenvalue weighted by Gasteiger charge is 2.22. The van der Waals surface area contributed by atoms with Crippen molar-refractivity contribution >= 4 is 44.8 Å². The summed E-state index contributed by atoms with van der Waals surface area (Å²) in [5.41, 5.74) is 1.82. The molecule has 0 aliphatic heterocycles. The van der Waals surface area contributed by atoms with Gasteiger partial charge in [-0.05, 0) is 23.8 Å². The van der Waals surface area contributed by atoms with Crippen molar-refractivity contribution < 1.29 is 24.2 Å². The lowest BCUT2D eigenvalue weighted by Gasteiger charge is -2.15. The second-order valence-electron chi connectivity index (χ2n) is 6.19. The molecule has 2 amide bonds. The van der Waals surface area contributed by atoms with E-state index in [9.17, 15) is 19.5 Å². The summed E-state index contributed by atoms with van der Waals surface area (Å²) >= 11 is 3.41. The van der Waals surface area contributed by atoms with Crippen LogP contribution in [0.4, 0.5) is 4.79 Å².